The van der Waals surface area contributed by atoms with Gasteiger partial charge in [0.15, 0.2) is 0 Å². The molecule has 0 bridgehead atoms. The van der Waals surface area contributed by atoms with Gasteiger partial charge in [0, 0.05) is 18.3 Å². The van der Waals surface area contributed by atoms with Crippen molar-refractivity contribution >= 4 is 11.8 Å². The molecule has 0 spiro atoms. The molecule has 1 N–H and O–H groups in total. The highest BCUT2D eigenvalue weighted by Crippen LogP contribution is 2.31. The summed E-state index contributed by atoms with van der Waals surface area (Å²) in [5.41, 5.74) is 1.20. The van der Waals surface area contributed by atoms with Crippen LogP contribution in [0.5, 0.6) is 0 Å². The number of nitrogens with zero attached hydrogens (tertiary/aromatic N) is 2. The lowest BCUT2D eigenvalue weighted by Gasteiger charge is -2.23. The number of aryl methyl sites for hydroxylation is 1. The molecule has 1 aromatic heterocycles. The third-order valence-electron chi connectivity index (χ3n) is 3.22. The summed E-state index contributed by atoms with van der Waals surface area (Å²) in [6, 6.07) is 3.93. The van der Waals surface area contributed by atoms with Crippen LogP contribution in [0.3, 0.4) is 0 Å². The fraction of sp³-hybridized carbons (Fsp3) is 0.571. The zero-order valence-corrected chi connectivity index (χ0v) is 11.0. The van der Waals surface area contributed by atoms with Gasteiger partial charge in [-0.3, -0.25) is 0 Å². The van der Waals surface area contributed by atoms with E-state index in [-0.39, 0.29) is 0 Å². The van der Waals surface area contributed by atoms with Crippen molar-refractivity contribution in [3.8, 4) is 0 Å². The maximum absolute atomic E-state index is 11.1. The van der Waals surface area contributed by atoms with Crippen LogP contribution in [0, 0.1) is 0 Å². The Bertz CT molecular complexity index is 441. The molecule has 1 fully saturated rings. The molecule has 0 saturated heterocycles. The lowest BCUT2D eigenvalue weighted by atomic mass is 10.2. The molecule has 1 aromatic rings. The predicted octanol–water partition coefficient (Wildman–Crippen LogP) is 2.72. The van der Waals surface area contributed by atoms with Crippen LogP contribution in [0.4, 0.5) is 5.82 Å². The Morgan fingerprint density at radius 3 is 2.67 bits per heavy atom. The number of pyridine rings is 1. The Morgan fingerprint density at radius 1 is 1.44 bits per heavy atom. The molecule has 4 nitrogen and oxygen atoms in total. The minimum Gasteiger partial charge on any atom is -0.478 e. The third kappa shape index (κ3) is 2.81. The van der Waals surface area contributed by atoms with Gasteiger partial charge in [0.05, 0.1) is 5.56 Å². The molecule has 18 heavy (non-hydrogen) atoms. The predicted molar refractivity (Wildman–Crippen MR) is 71.2 cm³/mol. The first-order valence-electron chi connectivity index (χ1n) is 6.66. The summed E-state index contributed by atoms with van der Waals surface area (Å²) in [7, 11) is 0. The first kappa shape index (κ1) is 12.9. The Hall–Kier alpha value is -1.58. The molecule has 4 heteroatoms. The van der Waals surface area contributed by atoms with Gasteiger partial charge in [-0.2, -0.15) is 0 Å². The van der Waals surface area contributed by atoms with E-state index in [1.807, 2.05) is 6.92 Å². The maximum atomic E-state index is 11.1. The molecule has 1 heterocycles. The standard InChI is InChI=1S/C14H20N2O2/c1-3-7-16(12-5-6-12)13-9-10(14(17)18)8-11(4-2)15-13/h8-9,12H,3-7H2,1-2H3,(H,17,18). The summed E-state index contributed by atoms with van der Waals surface area (Å²) in [5.74, 6) is -0.0447. The van der Waals surface area contributed by atoms with Crippen molar-refractivity contribution in [3.63, 3.8) is 0 Å². The first-order valence-corrected chi connectivity index (χ1v) is 6.66. The normalized spacial score (nSPS) is 14.6. The van der Waals surface area contributed by atoms with Crippen LogP contribution in [0.1, 0.15) is 49.2 Å². The second-order valence-corrected chi connectivity index (χ2v) is 4.79. The average Bonchev–Trinajstić information content (AvgIpc) is 3.19. The molecule has 98 valence electrons. The lowest BCUT2D eigenvalue weighted by molar-refractivity contribution is 0.0696. The van der Waals surface area contributed by atoms with E-state index in [4.69, 9.17) is 5.11 Å². The Labute approximate surface area is 108 Å². The summed E-state index contributed by atoms with van der Waals surface area (Å²) in [4.78, 5) is 18.0. The van der Waals surface area contributed by atoms with Crippen molar-refractivity contribution in [2.45, 2.75) is 45.6 Å². The fourth-order valence-electron chi connectivity index (χ4n) is 2.13. The van der Waals surface area contributed by atoms with Crippen molar-refractivity contribution in [3.05, 3.63) is 23.4 Å². The zero-order valence-electron chi connectivity index (χ0n) is 11.0. The number of aromatic carboxylic acids is 1. The molecule has 1 aliphatic carbocycles. The van der Waals surface area contributed by atoms with Gasteiger partial charge >= 0.3 is 5.97 Å². The fourth-order valence-corrected chi connectivity index (χ4v) is 2.13. The van der Waals surface area contributed by atoms with Crippen molar-refractivity contribution < 1.29 is 9.90 Å². The number of anilines is 1. The molecule has 0 aromatic carbocycles. The van der Waals surface area contributed by atoms with Crippen LogP contribution in [-0.4, -0.2) is 28.6 Å². The smallest absolute Gasteiger partial charge is 0.335 e. The highest BCUT2D eigenvalue weighted by atomic mass is 16.4. The number of rotatable bonds is 6. The van der Waals surface area contributed by atoms with Crippen LogP contribution in [0.2, 0.25) is 0 Å². The summed E-state index contributed by atoms with van der Waals surface area (Å²) >= 11 is 0. The van der Waals surface area contributed by atoms with Crippen LogP contribution < -0.4 is 4.90 Å². The number of aromatic nitrogens is 1. The SMILES string of the molecule is CCCN(c1cc(C(=O)O)cc(CC)n1)C1CC1. The van der Waals surface area contributed by atoms with Gasteiger partial charge in [0.1, 0.15) is 5.82 Å². The maximum Gasteiger partial charge on any atom is 0.335 e. The monoisotopic (exact) mass is 248 g/mol. The largest absolute Gasteiger partial charge is 0.478 e. The van der Waals surface area contributed by atoms with Gasteiger partial charge in [-0.15, -0.1) is 0 Å². The van der Waals surface area contributed by atoms with Gasteiger partial charge in [-0.25, -0.2) is 9.78 Å². The molecule has 1 aliphatic rings. The van der Waals surface area contributed by atoms with Gasteiger partial charge < -0.3 is 10.0 Å². The van der Waals surface area contributed by atoms with Crippen LogP contribution in [-0.2, 0) is 6.42 Å². The molecular weight excluding hydrogens is 228 g/mol. The molecule has 2 rings (SSSR count). The summed E-state index contributed by atoms with van der Waals surface area (Å²) < 4.78 is 0. The van der Waals surface area contributed by atoms with Crippen LogP contribution in [0.25, 0.3) is 0 Å². The number of carbonyl (C=O) groups is 1. The van der Waals surface area contributed by atoms with E-state index in [9.17, 15) is 4.79 Å². The summed E-state index contributed by atoms with van der Waals surface area (Å²) in [6.45, 7) is 5.08. The number of carboxylic acids is 1. The highest BCUT2D eigenvalue weighted by Gasteiger charge is 2.29. The van der Waals surface area contributed by atoms with E-state index in [1.165, 1.54) is 12.8 Å². The van der Waals surface area contributed by atoms with Crippen LogP contribution >= 0.6 is 0 Å². The topological polar surface area (TPSA) is 53.4 Å². The molecule has 0 atom stereocenters. The van der Waals surface area contributed by atoms with Crippen molar-refractivity contribution in [1.29, 1.82) is 0 Å². The molecule has 1 saturated carbocycles. The quantitative estimate of drug-likeness (QED) is 0.841. The number of hydrogen-bond acceptors (Lipinski definition) is 3. The number of hydrogen-bond donors (Lipinski definition) is 1. The molecular formula is C14H20N2O2. The minimum absolute atomic E-state index is 0.346. The van der Waals surface area contributed by atoms with E-state index < -0.39 is 5.97 Å². The minimum atomic E-state index is -0.874. The van der Waals surface area contributed by atoms with Gasteiger partial charge in [0.2, 0.25) is 0 Å². The zero-order chi connectivity index (χ0) is 13.1. The Kier molecular flexibility index (Phi) is 3.84. The molecule has 0 aliphatic heterocycles. The number of carboxylic acid groups (broad SMARTS) is 1. The molecule has 0 radical (unpaired) electrons. The average molecular weight is 248 g/mol. The van der Waals surface area contributed by atoms with E-state index in [1.54, 1.807) is 12.1 Å². The summed E-state index contributed by atoms with van der Waals surface area (Å²) in [5, 5.41) is 9.15. The van der Waals surface area contributed by atoms with E-state index in [2.05, 4.69) is 16.8 Å². The van der Waals surface area contributed by atoms with Crippen molar-refractivity contribution in [2.75, 3.05) is 11.4 Å². The third-order valence-corrected chi connectivity index (χ3v) is 3.22. The molecule has 0 amide bonds. The highest BCUT2D eigenvalue weighted by molar-refractivity contribution is 5.88. The lowest BCUT2D eigenvalue weighted by Crippen LogP contribution is -2.28. The van der Waals surface area contributed by atoms with Crippen molar-refractivity contribution in [2.24, 2.45) is 0 Å². The second kappa shape index (κ2) is 5.38. The second-order valence-electron chi connectivity index (χ2n) is 4.79. The van der Waals surface area contributed by atoms with Crippen molar-refractivity contribution in [1.82, 2.24) is 4.98 Å². The first-order chi connectivity index (χ1) is 8.65. The van der Waals surface area contributed by atoms with Crippen LogP contribution in [0.15, 0.2) is 12.1 Å². The van der Waals surface area contributed by atoms with Gasteiger partial charge in [-0.05, 0) is 37.8 Å². The Morgan fingerprint density at radius 2 is 2.17 bits per heavy atom. The summed E-state index contributed by atoms with van der Waals surface area (Å²) in [6.07, 6.45) is 4.20. The van der Waals surface area contributed by atoms with E-state index in [0.717, 1.165) is 30.9 Å². The van der Waals surface area contributed by atoms with Gasteiger partial charge in [-0.1, -0.05) is 13.8 Å². The van der Waals surface area contributed by atoms with Gasteiger partial charge in [0.25, 0.3) is 0 Å². The molecule has 0 unspecified atom stereocenters. The Balaban J connectivity index is 2.34. The van der Waals surface area contributed by atoms with E-state index >= 15 is 0 Å². The van der Waals surface area contributed by atoms with E-state index in [0.29, 0.717) is 11.6 Å².